The van der Waals surface area contributed by atoms with Gasteiger partial charge in [0.15, 0.2) is 12.5 Å². The molecule has 0 aromatic heterocycles. The van der Waals surface area contributed by atoms with Crippen molar-refractivity contribution >= 4 is 17.8 Å². The smallest absolute Gasteiger partial charge is 0.187 e. The van der Waals surface area contributed by atoms with E-state index in [0.29, 0.717) is 31.1 Å². The third-order valence-corrected chi connectivity index (χ3v) is 4.60. The molecule has 5 heteroatoms. The van der Waals surface area contributed by atoms with Crippen LogP contribution in [0.25, 0.3) is 0 Å². The first-order valence-corrected chi connectivity index (χ1v) is 7.81. The van der Waals surface area contributed by atoms with Crippen LogP contribution in [-0.2, 0) is 14.3 Å². The van der Waals surface area contributed by atoms with Gasteiger partial charge in [0, 0.05) is 25.1 Å². The SMILES string of the molecule is O=CC1OC(CO)CN1c1ccc(C2CCC(=O)CC2)cc1. The van der Waals surface area contributed by atoms with Gasteiger partial charge in [-0.3, -0.25) is 9.59 Å². The van der Waals surface area contributed by atoms with Gasteiger partial charge in [-0.15, -0.1) is 0 Å². The highest BCUT2D eigenvalue weighted by atomic mass is 16.5. The van der Waals surface area contributed by atoms with Gasteiger partial charge in [-0.2, -0.15) is 0 Å². The molecule has 3 rings (SSSR count). The van der Waals surface area contributed by atoms with Crippen LogP contribution >= 0.6 is 0 Å². The van der Waals surface area contributed by atoms with Crippen molar-refractivity contribution in [3.63, 3.8) is 0 Å². The molecular weight excluding hydrogens is 282 g/mol. The third-order valence-electron chi connectivity index (χ3n) is 4.60. The second-order valence-electron chi connectivity index (χ2n) is 6.02. The number of ketones is 1. The van der Waals surface area contributed by atoms with E-state index in [1.807, 2.05) is 17.0 Å². The molecule has 2 atom stereocenters. The first-order valence-electron chi connectivity index (χ1n) is 7.81. The zero-order valence-corrected chi connectivity index (χ0v) is 12.5. The lowest BCUT2D eigenvalue weighted by molar-refractivity contribution is -0.120. The number of anilines is 1. The van der Waals surface area contributed by atoms with E-state index in [0.717, 1.165) is 24.8 Å². The zero-order chi connectivity index (χ0) is 15.5. The van der Waals surface area contributed by atoms with Gasteiger partial charge in [-0.25, -0.2) is 0 Å². The van der Waals surface area contributed by atoms with E-state index in [1.165, 1.54) is 5.56 Å². The molecule has 22 heavy (non-hydrogen) atoms. The van der Waals surface area contributed by atoms with Crippen molar-refractivity contribution in [3.8, 4) is 0 Å². The fraction of sp³-hybridized carbons (Fsp3) is 0.529. The number of Topliss-reactive ketones (excluding diaryl/α,β-unsaturated/α-hetero) is 1. The minimum Gasteiger partial charge on any atom is -0.394 e. The summed E-state index contributed by atoms with van der Waals surface area (Å²) in [4.78, 5) is 24.3. The third kappa shape index (κ3) is 3.05. The van der Waals surface area contributed by atoms with Crippen molar-refractivity contribution in [1.82, 2.24) is 0 Å². The molecule has 1 N–H and O–H groups in total. The number of aliphatic hydroxyl groups excluding tert-OH is 1. The van der Waals surface area contributed by atoms with Crippen LogP contribution in [-0.4, -0.2) is 42.7 Å². The zero-order valence-electron chi connectivity index (χ0n) is 12.5. The van der Waals surface area contributed by atoms with Gasteiger partial charge in [0.1, 0.15) is 11.9 Å². The van der Waals surface area contributed by atoms with E-state index in [-0.39, 0.29) is 12.7 Å². The van der Waals surface area contributed by atoms with E-state index in [2.05, 4.69) is 12.1 Å². The summed E-state index contributed by atoms with van der Waals surface area (Å²) in [5, 5.41) is 9.18. The van der Waals surface area contributed by atoms with Crippen LogP contribution in [0.15, 0.2) is 24.3 Å². The number of aldehydes is 1. The molecule has 1 heterocycles. The number of aliphatic hydroxyl groups is 1. The largest absolute Gasteiger partial charge is 0.394 e. The number of ether oxygens (including phenoxy) is 1. The van der Waals surface area contributed by atoms with E-state index in [1.54, 1.807) is 0 Å². The van der Waals surface area contributed by atoms with Gasteiger partial charge in [0.05, 0.1) is 6.61 Å². The Hall–Kier alpha value is -1.72. The molecule has 0 bridgehead atoms. The highest BCUT2D eigenvalue weighted by molar-refractivity contribution is 5.79. The number of hydrogen-bond acceptors (Lipinski definition) is 5. The molecule has 1 aliphatic carbocycles. The van der Waals surface area contributed by atoms with Gasteiger partial charge in [0.25, 0.3) is 0 Å². The molecular formula is C17H21NO4. The second-order valence-corrected chi connectivity index (χ2v) is 6.02. The van der Waals surface area contributed by atoms with Gasteiger partial charge in [-0.1, -0.05) is 12.1 Å². The number of carbonyl (C=O) groups is 2. The minimum atomic E-state index is -0.629. The molecule has 5 nitrogen and oxygen atoms in total. The Balaban J connectivity index is 1.71. The van der Waals surface area contributed by atoms with Crippen LogP contribution in [0.5, 0.6) is 0 Å². The molecule has 1 aromatic carbocycles. The molecule has 2 unspecified atom stereocenters. The summed E-state index contributed by atoms with van der Waals surface area (Å²) >= 11 is 0. The summed E-state index contributed by atoms with van der Waals surface area (Å²) < 4.78 is 5.46. The van der Waals surface area contributed by atoms with Crippen LogP contribution in [0.2, 0.25) is 0 Å². The molecule has 1 saturated carbocycles. The maximum absolute atomic E-state index is 11.3. The van der Waals surface area contributed by atoms with Crippen LogP contribution in [0.4, 0.5) is 5.69 Å². The molecule has 2 aliphatic rings. The molecule has 0 amide bonds. The summed E-state index contributed by atoms with van der Waals surface area (Å²) in [6.07, 6.45) is 3.02. The molecule has 0 spiro atoms. The Morgan fingerprint density at radius 2 is 1.91 bits per heavy atom. The first kappa shape index (κ1) is 15.2. The average molecular weight is 303 g/mol. The summed E-state index contributed by atoms with van der Waals surface area (Å²) in [5.74, 6) is 0.819. The molecule has 1 aliphatic heterocycles. The van der Waals surface area contributed by atoms with Crippen molar-refractivity contribution < 1.29 is 19.4 Å². The molecule has 1 aromatic rings. The van der Waals surface area contributed by atoms with Crippen LogP contribution < -0.4 is 4.90 Å². The van der Waals surface area contributed by atoms with Crippen LogP contribution in [0, 0.1) is 0 Å². The predicted octanol–water partition coefficient (Wildman–Crippen LogP) is 1.64. The highest BCUT2D eigenvalue weighted by Crippen LogP contribution is 2.33. The molecule has 1 saturated heterocycles. The topological polar surface area (TPSA) is 66.8 Å². The Bertz CT molecular complexity index is 532. The summed E-state index contributed by atoms with van der Waals surface area (Å²) in [6, 6.07) is 8.13. The van der Waals surface area contributed by atoms with E-state index >= 15 is 0 Å². The van der Waals surface area contributed by atoms with Gasteiger partial charge >= 0.3 is 0 Å². The monoisotopic (exact) mass is 303 g/mol. The maximum Gasteiger partial charge on any atom is 0.187 e. The molecule has 118 valence electrons. The maximum atomic E-state index is 11.3. The Labute approximate surface area is 129 Å². The Kier molecular flexibility index (Phi) is 4.55. The quantitative estimate of drug-likeness (QED) is 0.857. The number of carbonyl (C=O) groups excluding carboxylic acids is 2. The van der Waals surface area contributed by atoms with Gasteiger partial charge in [-0.05, 0) is 36.5 Å². The number of benzene rings is 1. The molecule has 2 fully saturated rings. The van der Waals surface area contributed by atoms with Gasteiger partial charge in [0.2, 0.25) is 0 Å². The van der Waals surface area contributed by atoms with Gasteiger partial charge < -0.3 is 14.7 Å². The Morgan fingerprint density at radius 3 is 2.50 bits per heavy atom. The van der Waals surface area contributed by atoms with Crippen molar-refractivity contribution in [1.29, 1.82) is 0 Å². The number of hydrogen-bond donors (Lipinski definition) is 1. The first-order chi connectivity index (χ1) is 10.7. The van der Waals surface area contributed by atoms with Crippen LogP contribution in [0.1, 0.15) is 37.2 Å². The van der Waals surface area contributed by atoms with Crippen molar-refractivity contribution in [3.05, 3.63) is 29.8 Å². The summed E-state index contributed by atoms with van der Waals surface area (Å²) in [6.45, 7) is 0.423. The van der Waals surface area contributed by atoms with Crippen molar-refractivity contribution in [2.45, 2.75) is 43.9 Å². The lowest BCUT2D eigenvalue weighted by Gasteiger charge is -2.24. The van der Waals surface area contributed by atoms with E-state index in [4.69, 9.17) is 4.74 Å². The number of rotatable bonds is 4. The minimum absolute atomic E-state index is 0.0883. The summed E-state index contributed by atoms with van der Waals surface area (Å²) in [5.41, 5.74) is 2.17. The molecule has 0 radical (unpaired) electrons. The number of nitrogens with zero attached hydrogens (tertiary/aromatic N) is 1. The van der Waals surface area contributed by atoms with Crippen LogP contribution in [0.3, 0.4) is 0 Å². The fourth-order valence-electron chi connectivity index (χ4n) is 3.31. The van der Waals surface area contributed by atoms with E-state index < -0.39 is 6.23 Å². The fourth-order valence-corrected chi connectivity index (χ4v) is 3.31. The van der Waals surface area contributed by atoms with E-state index in [9.17, 15) is 14.7 Å². The Morgan fingerprint density at radius 1 is 1.23 bits per heavy atom. The predicted molar refractivity (Wildman–Crippen MR) is 81.8 cm³/mol. The normalized spacial score (nSPS) is 26.4. The lowest BCUT2D eigenvalue weighted by atomic mass is 9.83. The standard InChI is InChI=1S/C17H21NO4/c19-10-16-9-18(17(11-20)22-16)14-5-1-12(2-6-14)13-3-7-15(21)8-4-13/h1-2,5-6,11,13,16-17,19H,3-4,7-10H2. The second kappa shape index (κ2) is 6.58. The van der Waals surface area contributed by atoms with Crippen molar-refractivity contribution in [2.24, 2.45) is 0 Å². The highest BCUT2D eigenvalue weighted by Gasteiger charge is 2.32. The average Bonchev–Trinajstić information content (AvgIpc) is 2.99. The summed E-state index contributed by atoms with van der Waals surface area (Å²) in [7, 11) is 0. The lowest BCUT2D eigenvalue weighted by Crippen LogP contribution is -2.31. The van der Waals surface area contributed by atoms with Crippen molar-refractivity contribution in [2.75, 3.05) is 18.1 Å².